The van der Waals surface area contributed by atoms with Crippen molar-refractivity contribution >= 4 is 40.4 Å². The highest BCUT2D eigenvalue weighted by atomic mass is 32.2. The van der Waals surface area contributed by atoms with Crippen LogP contribution >= 0.6 is 23.9 Å². The van der Waals surface area contributed by atoms with E-state index in [0.29, 0.717) is 25.6 Å². The second-order valence-electron chi connectivity index (χ2n) is 6.27. The van der Waals surface area contributed by atoms with Gasteiger partial charge in [-0.25, -0.2) is 8.10 Å². The Morgan fingerprint density at radius 1 is 0.690 bits per heavy atom. The first-order chi connectivity index (χ1) is 13.5. The van der Waals surface area contributed by atoms with Crippen molar-refractivity contribution in [2.75, 3.05) is 3.71 Å². The molecule has 0 unspecified atom stereocenters. The van der Waals surface area contributed by atoms with E-state index in [1.165, 1.54) is 36.4 Å². The van der Waals surface area contributed by atoms with Crippen molar-refractivity contribution in [2.45, 2.75) is 16.4 Å². The Morgan fingerprint density at radius 3 is 1.90 bits per heavy atom. The number of hydrogen-bond acceptors (Lipinski definition) is 3. The summed E-state index contributed by atoms with van der Waals surface area (Å²) in [5.74, 6) is -6.01. The van der Waals surface area contributed by atoms with Gasteiger partial charge in [-0.1, -0.05) is 36.4 Å². The van der Waals surface area contributed by atoms with Crippen LogP contribution in [0.1, 0.15) is 0 Å². The van der Waals surface area contributed by atoms with Crippen LogP contribution in [0, 0.1) is 5.82 Å². The molecule has 0 bridgehead atoms. The third-order valence-corrected chi connectivity index (χ3v) is 6.48. The van der Waals surface area contributed by atoms with E-state index in [-0.39, 0.29) is 5.69 Å². The lowest BCUT2D eigenvalue weighted by Crippen LogP contribution is -2.56. The molecular formula is C19H10F7NS2. The highest BCUT2D eigenvalue weighted by Crippen LogP contribution is 2.64. The summed E-state index contributed by atoms with van der Waals surface area (Å²) in [6.45, 7) is 0. The van der Waals surface area contributed by atoms with Gasteiger partial charge < -0.3 is 0 Å². The Morgan fingerprint density at radius 2 is 1.28 bits per heavy atom. The van der Waals surface area contributed by atoms with Crippen LogP contribution < -0.4 is 3.71 Å². The fraction of sp³-hybridized carbons (Fsp3) is 0.158. The zero-order valence-electron chi connectivity index (χ0n) is 14.2. The maximum Gasteiger partial charge on any atom is 0.394 e. The van der Waals surface area contributed by atoms with Crippen molar-refractivity contribution in [3.8, 4) is 11.1 Å². The minimum atomic E-state index is -5.52. The number of hydrogen-bond donors (Lipinski definition) is 0. The first-order valence-corrected chi connectivity index (χ1v) is 9.67. The summed E-state index contributed by atoms with van der Waals surface area (Å²) in [5, 5.41) is -9.19. The molecule has 0 saturated carbocycles. The average Bonchev–Trinajstić information content (AvgIpc) is 2.65. The molecule has 3 aromatic rings. The minimum absolute atomic E-state index is 0.0905. The third kappa shape index (κ3) is 3.31. The molecule has 0 amide bonds. The predicted molar refractivity (Wildman–Crippen MR) is 102 cm³/mol. The molecule has 3 aromatic carbocycles. The number of fused-ring (bicyclic) bond motifs is 1. The smallest absolute Gasteiger partial charge is 0.247 e. The van der Waals surface area contributed by atoms with Crippen molar-refractivity contribution in [3.63, 3.8) is 0 Å². The normalized spacial score (nSPS) is 20.0. The molecule has 1 saturated heterocycles. The van der Waals surface area contributed by atoms with Gasteiger partial charge in [-0.15, -0.1) is 0 Å². The zero-order chi connectivity index (χ0) is 21.0. The lowest BCUT2D eigenvalue weighted by molar-refractivity contribution is -0.238. The van der Waals surface area contributed by atoms with Gasteiger partial charge in [-0.05, 0) is 40.8 Å². The molecule has 1 fully saturated rings. The Balaban J connectivity index is 1.88. The first-order valence-electron chi connectivity index (χ1n) is 8.12. The molecule has 29 heavy (non-hydrogen) atoms. The molecule has 0 aromatic heterocycles. The number of benzene rings is 3. The Bertz CT molecular complexity index is 1050. The molecule has 4 rings (SSSR count). The number of anilines is 1. The van der Waals surface area contributed by atoms with Gasteiger partial charge in [0, 0.05) is 29.3 Å². The molecule has 0 aliphatic carbocycles. The van der Waals surface area contributed by atoms with Crippen LogP contribution in [0.3, 0.4) is 0 Å². The van der Waals surface area contributed by atoms with E-state index in [9.17, 15) is 30.7 Å². The van der Waals surface area contributed by atoms with Gasteiger partial charge >= 0.3 is 16.4 Å². The molecule has 0 atom stereocenters. The molecule has 152 valence electrons. The lowest BCUT2D eigenvalue weighted by Gasteiger charge is -2.41. The Hall–Kier alpha value is -2.07. The van der Waals surface area contributed by atoms with E-state index in [1.54, 1.807) is 24.3 Å². The summed E-state index contributed by atoms with van der Waals surface area (Å²) in [6.07, 6.45) is 0. The standard InChI is InChI=1S/C19H10F7NS2/c20-14-7-5-11(6-8-14)13-9-12-3-1-2-4-15(12)16(10-13)27-28-18(23,24)17(21,22)19(25,26)29-27/h1-10H. The van der Waals surface area contributed by atoms with E-state index in [2.05, 4.69) is 0 Å². The molecule has 0 spiro atoms. The molecule has 10 heteroatoms. The van der Waals surface area contributed by atoms with Gasteiger partial charge in [-0.3, -0.25) is 0 Å². The quantitative estimate of drug-likeness (QED) is 0.293. The van der Waals surface area contributed by atoms with Crippen molar-refractivity contribution in [1.82, 2.24) is 0 Å². The van der Waals surface area contributed by atoms with Gasteiger partial charge in [0.2, 0.25) is 0 Å². The van der Waals surface area contributed by atoms with Crippen LogP contribution in [0.25, 0.3) is 21.9 Å². The van der Waals surface area contributed by atoms with E-state index < -0.39 is 46.1 Å². The second kappa shape index (κ2) is 6.73. The third-order valence-electron chi connectivity index (χ3n) is 4.34. The summed E-state index contributed by atoms with van der Waals surface area (Å²) in [6, 6.07) is 14.7. The Kier molecular flexibility index (Phi) is 4.69. The monoisotopic (exact) mass is 449 g/mol. The molecule has 0 N–H and O–H groups in total. The average molecular weight is 449 g/mol. The van der Waals surface area contributed by atoms with Crippen LogP contribution in [0.2, 0.25) is 0 Å². The molecule has 1 heterocycles. The van der Waals surface area contributed by atoms with Gasteiger partial charge in [0.25, 0.3) is 0 Å². The Labute approximate surface area is 169 Å². The van der Waals surface area contributed by atoms with E-state index >= 15 is 0 Å². The SMILES string of the molecule is Fc1ccc(-c2cc(N3SC(F)(F)C(F)(F)C(F)(F)S3)c3ccccc3c2)cc1. The van der Waals surface area contributed by atoms with Gasteiger partial charge in [0.05, 0.1) is 5.69 Å². The van der Waals surface area contributed by atoms with Crippen molar-refractivity contribution in [1.29, 1.82) is 0 Å². The highest BCUT2D eigenvalue weighted by Gasteiger charge is 2.77. The number of nitrogens with zero attached hydrogens (tertiary/aromatic N) is 1. The summed E-state index contributed by atoms with van der Waals surface area (Å²) in [7, 11) is 0. The zero-order valence-corrected chi connectivity index (χ0v) is 15.8. The van der Waals surface area contributed by atoms with Crippen LogP contribution in [0.4, 0.5) is 36.4 Å². The van der Waals surface area contributed by atoms with Crippen molar-refractivity contribution in [3.05, 3.63) is 66.5 Å². The number of halogens is 7. The molecular weight excluding hydrogens is 439 g/mol. The summed E-state index contributed by atoms with van der Waals surface area (Å²) in [4.78, 5) is 0. The summed E-state index contributed by atoms with van der Waals surface area (Å²) in [5.41, 5.74) is 0.852. The van der Waals surface area contributed by atoms with Crippen LogP contribution in [0.15, 0.2) is 60.7 Å². The highest BCUT2D eigenvalue weighted by molar-refractivity contribution is 8.19. The molecule has 0 radical (unpaired) electrons. The number of rotatable bonds is 2. The van der Waals surface area contributed by atoms with E-state index in [0.717, 1.165) is 0 Å². The fourth-order valence-electron chi connectivity index (χ4n) is 2.86. The van der Waals surface area contributed by atoms with E-state index in [1.807, 2.05) is 0 Å². The summed E-state index contributed by atoms with van der Waals surface area (Å²) < 4.78 is 96.4. The largest absolute Gasteiger partial charge is 0.394 e. The van der Waals surface area contributed by atoms with Crippen LogP contribution in [-0.2, 0) is 0 Å². The minimum Gasteiger partial charge on any atom is -0.247 e. The van der Waals surface area contributed by atoms with E-state index in [4.69, 9.17) is 0 Å². The lowest BCUT2D eigenvalue weighted by atomic mass is 10.00. The van der Waals surface area contributed by atoms with Crippen LogP contribution in [-0.4, -0.2) is 16.4 Å². The van der Waals surface area contributed by atoms with Gasteiger partial charge in [-0.2, -0.15) is 26.3 Å². The topological polar surface area (TPSA) is 3.24 Å². The van der Waals surface area contributed by atoms with Crippen molar-refractivity contribution in [2.24, 2.45) is 0 Å². The van der Waals surface area contributed by atoms with Gasteiger partial charge in [0.1, 0.15) is 5.82 Å². The molecule has 1 aliphatic heterocycles. The number of alkyl halides is 6. The fourth-order valence-corrected chi connectivity index (χ4v) is 5.04. The van der Waals surface area contributed by atoms with Crippen molar-refractivity contribution < 1.29 is 30.7 Å². The summed E-state index contributed by atoms with van der Waals surface area (Å²) >= 11 is -1.31. The maximum absolute atomic E-state index is 13.9. The first kappa shape index (κ1) is 20.2. The second-order valence-corrected chi connectivity index (χ2v) is 8.62. The predicted octanol–water partition coefficient (Wildman–Crippen LogP) is 7.58. The maximum atomic E-state index is 13.9. The molecule has 1 nitrogen and oxygen atoms in total. The van der Waals surface area contributed by atoms with Gasteiger partial charge in [0.15, 0.2) is 0 Å². The molecule has 1 aliphatic rings. The van der Waals surface area contributed by atoms with Crippen LogP contribution in [0.5, 0.6) is 0 Å².